The zero-order valence-corrected chi connectivity index (χ0v) is 23.7. The molecule has 0 saturated heterocycles. The number of ether oxygens (including phenoxy) is 2. The molecule has 0 aliphatic heterocycles. The van der Waals surface area contributed by atoms with Crippen molar-refractivity contribution in [1.82, 2.24) is 0 Å². The Balaban J connectivity index is 3.64. The van der Waals surface area contributed by atoms with Crippen LogP contribution in [-0.2, 0) is 14.3 Å². The smallest absolute Gasteiger partial charge is 0.306 e. The van der Waals surface area contributed by atoms with Crippen molar-refractivity contribution in [2.24, 2.45) is 0 Å². The van der Waals surface area contributed by atoms with Gasteiger partial charge in [-0.3, -0.25) is 4.79 Å². The minimum atomic E-state index is -0.561. The molecular formula is C33H54O4. The molecule has 0 fully saturated rings. The topological polar surface area (TPSA) is 55.8 Å². The monoisotopic (exact) mass is 514 g/mol. The molecule has 0 aromatic heterocycles. The number of esters is 1. The van der Waals surface area contributed by atoms with Crippen LogP contribution in [0.5, 0.6) is 0 Å². The molecule has 4 nitrogen and oxygen atoms in total. The van der Waals surface area contributed by atoms with Gasteiger partial charge in [0.2, 0.25) is 0 Å². The number of rotatable bonds is 25. The summed E-state index contributed by atoms with van der Waals surface area (Å²) >= 11 is 0. The van der Waals surface area contributed by atoms with E-state index in [1.54, 1.807) is 0 Å². The molecule has 0 aromatic rings. The van der Waals surface area contributed by atoms with Gasteiger partial charge in [0.05, 0.1) is 13.2 Å². The van der Waals surface area contributed by atoms with Crippen molar-refractivity contribution in [2.45, 2.75) is 110 Å². The van der Waals surface area contributed by atoms with Crippen LogP contribution in [0.2, 0.25) is 0 Å². The van der Waals surface area contributed by atoms with E-state index in [1.807, 2.05) is 0 Å². The zero-order chi connectivity index (χ0) is 27.1. The molecule has 0 radical (unpaired) electrons. The highest BCUT2D eigenvalue weighted by Crippen LogP contribution is 2.07. The fraction of sp³-hybridized carbons (Fsp3) is 0.606. The average Bonchev–Trinajstić information content (AvgIpc) is 2.90. The third-order valence-corrected chi connectivity index (χ3v) is 5.55. The average molecular weight is 515 g/mol. The number of hydrogen-bond acceptors (Lipinski definition) is 4. The molecule has 1 atom stereocenters. The number of carbonyl (C=O) groups is 1. The summed E-state index contributed by atoms with van der Waals surface area (Å²) in [6, 6.07) is 0. The van der Waals surface area contributed by atoms with Crippen LogP contribution in [0.25, 0.3) is 0 Å². The van der Waals surface area contributed by atoms with Crippen molar-refractivity contribution in [2.75, 3.05) is 19.8 Å². The zero-order valence-electron chi connectivity index (χ0n) is 23.7. The van der Waals surface area contributed by atoms with Crippen LogP contribution in [0.15, 0.2) is 72.9 Å². The molecule has 0 heterocycles. The molecule has 0 aliphatic carbocycles. The molecular weight excluding hydrogens is 460 g/mol. The quantitative estimate of drug-likeness (QED) is 0.0751. The maximum Gasteiger partial charge on any atom is 0.306 e. The highest BCUT2D eigenvalue weighted by atomic mass is 16.6. The Kier molecular flexibility index (Phi) is 28.3. The second-order valence-corrected chi connectivity index (χ2v) is 9.09. The van der Waals surface area contributed by atoms with Crippen LogP contribution in [0, 0.1) is 0 Å². The van der Waals surface area contributed by atoms with Gasteiger partial charge in [-0.2, -0.15) is 0 Å². The van der Waals surface area contributed by atoms with Gasteiger partial charge in [-0.05, 0) is 57.8 Å². The van der Waals surface area contributed by atoms with Crippen molar-refractivity contribution in [3.8, 4) is 0 Å². The van der Waals surface area contributed by atoms with Crippen molar-refractivity contribution < 1.29 is 19.4 Å². The first-order valence-corrected chi connectivity index (χ1v) is 14.5. The van der Waals surface area contributed by atoms with Crippen LogP contribution in [0.3, 0.4) is 0 Å². The van der Waals surface area contributed by atoms with E-state index < -0.39 is 6.10 Å². The van der Waals surface area contributed by atoms with Crippen molar-refractivity contribution in [3.05, 3.63) is 72.9 Å². The van der Waals surface area contributed by atoms with Crippen molar-refractivity contribution >= 4 is 5.97 Å². The normalized spacial score (nSPS) is 13.5. The lowest BCUT2D eigenvalue weighted by molar-refractivity contribution is -0.154. The summed E-state index contributed by atoms with van der Waals surface area (Å²) in [5, 5.41) is 9.40. The van der Waals surface area contributed by atoms with E-state index in [9.17, 15) is 9.90 Å². The van der Waals surface area contributed by atoms with Gasteiger partial charge >= 0.3 is 5.97 Å². The van der Waals surface area contributed by atoms with Gasteiger partial charge in [-0.15, -0.1) is 0 Å². The van der Waals surface area contributed by atoms with Gasteiger partial charge in [0.15, 0.2) is 0 Å². The molecule has 0 spiro atoms. The molecule has 210 valence electrons. The summed E-state index contributed by atoms with van der Waals surface area (Å²) in [6.45, 7) is 4.97. The van der Waals surface area contributed by atoms with Gasteiger partial charge in [-0.25, -0.2) is 0 Å². The summed E-state index contributed by atoms with van der Waals surface area (Å²) in [5.74, 6) is -0.239. The summed E-state index contributed by atoms with van der Waals surface area (Å²) in [6.07, 6.45) is 39.6. The Bertz CT molecular complexity index is 670. The number of allylic oxidation sites excluding steroid dienone is 12. The fourth-order valence-electron chi connectivity index (χ4n) is 3.40. The van der Waals surface area contributed by atoms with Crippen LogP contribution < -0.4 is 0 Å². The van der Waals surface area contributed by atoms with E-state index in [0.717, 1.165) is 70.6 Å². The van der Waals surface area contributed by atoms with E-state index in [1.165, 1.54) is 12.8 Å². The maximum atomic E-state index is 11.9. The van der Waals surface area contributed by atoms with E-state index in [-0.39, 0.29) is 19.2 Å². The largest absolute Gasteiger partial charge is 0.457 e. The number of carbonyl (C=O) groups excluding carboxylic acids is 1. The standard InChI is InChI=1S/C33H54O4/c1-3-5-7-9-10-11-12-13-14-15-16-17-18-19-20-21-22-23-25-27-29-36-31-32(30-34)37-33(35)28-26-24-8-6-4-2/h5,7,10-11,13-14,16-17,19-20,22-23,32,34H,3-4,6,8-9,12,15,18,21,24-31H2,1-2H3/b7-5-,11-10-,14-13-,17-16-,20-19-,23-22-. The second-order valence-electron chi connectivity index (χ2n) is 9.09. The number of hydrogen-bond donors (Lipinski definition) is 1. The summed E-state index contributed by atoms with van der Waals surface area (Å²) < 4.78 is 10.9. The summed E-state index contributed by atoms with van der Waals surface area (Å²) in [4.78, 5) is 11.9. The number of aliphatic hydroxyl groups is 1. The first-order valence-electron chi connectivity index (χ1n) is 14.5. The molecule has 0 amide bonds. The molecule has 0 saturated carbocycles. The van der Waals surface area contributed by atoms with Crippen LogP contribution in [-0.4, -0.2) is 37.0 Å². The molecule has 1 N–H and O–H groups in total. The van der Waals surface area contributed by atoms with Crippen molar-refractivity contribution in [3.63, 3.8) is 0 Å². The number of unbranched alkanes of at least 4 members (excludes halogenated alkanes) is 5. The first-order chi connectivity index (χ1) is 18.2. The lowest BCUT2D eigenvalue weighted by atomic mass is 10.1. The predicted octanol–water partition coefficient (Wildman–Crippen LogP) is 8.75. The highest BCUT2D eigenvalue weighted by molar-refractivity contribution is 5.69. The van der Waals surface area contributed by atoms with Crippen LogP contribution >= 0.6 is 0 Å². The highest BCUT2D eigenvalue weighted by Gasteiger charge is 2.13. The molecule has 0 bridgehead atoms. The summed E-state index contributed by atoms with van der Waals surface area (Å²) in [5.41, 5.74) is 0. The Labute approximate surface area is 227 Å². The number of aliphatic hydroxyl groups excluding tert-OH is 1. The van der Waals surface area contributed by atoms with E-state index in [2.05, 4.69) is 86.8 Å². The third kappa shape index (κ3) is 28.3. The van der Waals surface area contributed by atoms with Gasteiger partial charge in [-0.1, -0.05) is 112 Å². The Morgan fingerprint density at radius 2 is 1.19 bits per heavy atom. The minimum absolute atomic E-state index is 0.200. The molecule has 0 rings (SSSR count). The lowest BCUT2D eigenvalue weighted by Gasteiger charge is -2.15. The molecule has 1 unspecified atom stereocenters. The first kappa shape index (κ1) is 34.8. The van der Waals surface area contributed by atoms with E-state index >= 15 is 0 Å². The SMILES string of the molecule is CC/C=C\C/C=C\C/C=C\C/C=C\C/C=C\C/C=C\CCCOCC(CO)OC(=O)CCCCCCC. The minimum Gasteiger partial charge on any atom is -0.457 e. The van der Waals surface area contributed by atoms with Gasteiger partial charge < -0.3 is 14.6 Å². The van der Waals surface area contributed by atoms with Gasteiger partial charge in [0, 0.05) is 13.0 Å². The van der Waals surface area contributed by atoms with E-state index in [0.29, 0.717) is 13.0 Å². The molecule has 0 aliphatic rings. The summed E-state index contributed by atoms with van der Waals surface area (Å²) in [7, 11) is 0. The van der Waals surface area contributed by atoms with Gasteiger partial charge in [0.1, 0.15) is 6.10 Å². The molecule has 0 aromatic carbocycles. The fourth-order valence-corrected chi connectivity index (χ4v) is 3.40. The Morgan fingerprint density at radius 3 is 1.70 bits per heavy atom. The van der Waals surface area contributed by atoms with E-state index in [4.69, 9.17) is 9.47 Å². The molecule has 37 heavy (non-hydrogen) atoms. The van der Waals surface area contributed by atoms with Gasteiger partial charge in [0.25, 0.3) is 0 Å². The Morgan fingerprint density at radius 1 is 0.676 bits per heavy atom. The lowest BCUT2D eigenvalue weighted by Crippen LogP contribution is -2.27. The predicted molar refractivity (Wildman–Crippen MR) is 159 cm³/mol. The van der Waals surface area contributed by atoms with Crippen molar-refractivity contribution in [1.29, 1.82) is 0 Å². The maximum absolute atomic E-state index is 11.9. The Hall–Kier alpha value is -2.17. The third-order valence-electron chi connectivity index (χ3n) is 5.55. The second kappa shape index (κ2) is 30.1. The van der Waals surface area contributed by atoms with Crippen LogP contribution in [0.1, 0.15) is 104 Å². The van der Waals surface area contributed by atoms with Crippen LogP contribution in [0.4, 0.5) is 0 Å². The molecule has 4 heteroatoms.